The third-order valence-electron chi connectivity index (χ3n) is 3.92. The third-order valence-corrected chi connectivity index (χ3v) is 3.92. The van der Waals surface area contributed by atoms with Crippen molar-refractivity contribution >= 4 is 11.6 Å². The minimum absolute atomic E-state index is 0.0900. The molecule has 1 aromatic carbocycles. The van der Waals surface area contributed by atoms with Crippen LogP contribution in [0, 0.1) is 5.41 Å². The van der Waals surface area contributed by atoms with Crippen molar-refractivity contribution in [3.05, 3.63) is 48.8 Å². The highest BCUT2D eigenvalue weighted by molar-refractivity contribution is 5.95. The standard InChI is InChI=1S/C16H19N3O/c1-16(7-8-17-12-16)15(20)18-13-5-4-6-14(11-13)19-9-2-3-10-19/h2-6,9-11,17H,7-8,12H2,1H3,(H,18,20). The highest BCUT2D eigenvalue weighted by Gasteiger charge is 2.36. The van der Waals surface area contributed by atoms with Crippen molar-refractivity contribution in [1.82, 2.24) is 9.88 Å². The number of nitrogens with zero attached hydrogens (tertiary/aromatic N) is 1. The van der Waals surface area contributed by atoms with Gasteiger partial charge < -0.3 is 15.2 Å². The number of carbonyl (C=O) groups excluding carboxylic acids is 1. The summed E-state index contributed by atoms with van der Waals surface area (Å²) < 4.78 is 2.02. The van der Waals surface area contributed by atoms with Gasteiger partial charge >= 0.3 is 0 Å². The van der Waals surface area contributed by atoms with E-state index in [0.29, 0.717) is 0 Å². The van der Waals surface area contributed by atoms with Gasteiger partial charge in [-0.25, -0.2) is 0 Å². The van der Waals surface area contributed by atoms with E-state index in [2.05, 4.69) is 10.6 Å². The molecule has 0 spiro atoms. The summed E-state index contributed by atoms with van der Waals surface area (Å²) in [7, 11) is 0. The van der Waals surface area contributed by atoms with Crippen LogP contribution < -0.4 is 10.6 Å². The van der Waals surface area contributed by atoms with Gasteiger partial charge in [-0.2, -0.15) is 0 Å². The molecule has 0 bridgehead atoms. The number of aromatic nitrogens is 1. The number of rotatable bonds is 3. The molecule has 4 heteroatoms. The fourth-order valence-corrected chi connectivity index (χ4v) is 2.54. The van der Waals surface area contributed by atoms with Crippen LogP contribution in [0.5, 0.6) is 0 Å². The number of amides is 1. The summed E-state index contributed by atoms with van der Waals surface area (Å²) in [5.41, 5.74) is 1.58. The molecule has 1 fully saturated rings. The van der Waals surface area contributed by atoms with E-state index in [0.717, 1.165) is 30.9 Å². The fourth-order valence-electron chi connectivity index (χ4n) is 2.54. The minimum atomic E-state index is -0.302. The second-order valence-corrected chi connectivity index (χ2v) is 5.58. The van der Waals surface area contributed by atoms with E-state index in [-0.39, 0.29) is 11.3 Å². The molecule has 1 saturated heterocycles. The molecule has 1 atom stereocenters. The Kier molecular flexibility index (Phi) is 3.32. The van der Waals surface area contributed by atoms with Gasteiger partial charge in [-0.1, -0.05) is 6.07 Å². The number of hydrogen-bond acceptors (Lipinski definition) is 2. The van der Waals surface area contributed by atoms with Crippen molar-refractivity contribution in [2.24, 2.45) is 5.41 Å². The Bertz CT molecular complexity index is 598. The highest BCUT2D eigenvalue weighted by atomic mass is 16.2. The maximum absolute atomic E-state index is 12.4. The van der Waals surface area contributed by atoms with Gasteiger partial charge in [0.05, 0.1) is 5.41 Å². The quantitative estimate of drug-likeness (QED) is 0.899. The van der Waals surface area contributed by atoms with Crippen LogP contribution in [0.1, 0.15) is 13.3 Å². The van der Waals surface area contributed by atoms with Crippen LogP contribution in [0.3, 0.4) is 0 Å². The first-order valence-corrected chi connectivity index (χ1v) is 6.93. The Morgan fingerprint density at radius 1 is 1.30 bits per heavy atom. The Morgan fingerprint density at radius 3 is 2.80 bits per heavy atom. The topological polar surface area (TPSA) is 46.1 Å². The maximum atomic E-state index is 12.4. The summed E-state index contributed by atoms with van der Waals surface area (Å²) in [6, 6.07) is 11.9. The van der Waals surface area contributed by atoms with Gasteiger partial charge in [0.25, 0.3) is 0 Å². The normalized spacial score (nSPS) is 21.9. The SMILES string of the molecule is CC1(C(=O)Nc2cccc(-n3cccc3)c2)CCNC1. The molecule has 1 unspecified atom stereocenters. The van der Waals surface area contributed by atoms with E-state index in [4.69, 9.17) is 0 Å². The van der Waals surface area contributed by atoms with Crippen molar-refractivity contribution < 1.29 is 4.79 Å². The molecule has 2 heterocycles. The average molecular weight is 269 g/mol. The number of nitrogens with one attached hydrogen (secondary N) is 2. The Hall–Kier alpha value is -2.07. The highest BCUT2D eigenvalue weighted by Crippen LogP contribution is 2.26. The van der Waals surface area contributed by atoms with E-state index in [1.54, 1.807) is 0 Å². The summed E-state index contributed by atoms with van der Waals surface area (Å²) in [6.07, 6.45) is 4.86. The van der Waals surface area contributed by atoms with E-state index in [1.807, 2.05) is 60.3 Å². The zero-order chi connectivity index (χ0) is 14.0. The molecule has 4 nitrogen and oxygen atoms in total. The molecule has 1 aliphatic heterocycles. The van der Waals surface area contributed by atoms with Gasteiger partial charge in [0.15, 0.2) is 0 Å². The largest absolute Gasteiger partial charge is 0.326 e. The predicted molar refractivity (Wildman–Crippen MR) is 80.0 cm³/mol. The Morgan fingerprint density at radius 2 is 2.10 bits per heavy atom. The lowest BCUT2D eigenvalue weighted by Crippen LogP contribution is -2.35. The zero-order valence-electron chi connectivity index (χ0n) is 11.6. The Balaban J connectivity index is 1.78. The van der Waals surface area contributed by atoms with E-state index < -0.39 is 0 Å². The van der Waals surface area contributed by atoms with Crippen molar-refractivity contribution in [3.8, 4) is 5.69 Å². The monoisotopic (exact) mass is 269 g/mol. The van der Waals surface area contributed by atoms with Crippen LogP contribution in [0.2, 0.25) is 0 Å². The lowest BCUT2D eigenvalue weighted by atomic mass is 9.89. The molecular formula is C16H19N3O. The van der Waals surface area contributed by atoms with Crippen LogP contribution in [0.4, 0.5) is 5.69 Å². The smallest absolute Gasteiger partial charge is 0.231 e. The molecule has 3 rings (SSSR count). The van der Waals surface area contributed by atoms with Gasteiger partial charge in [0.1, 0.15) is 0 Å². The molecule has 104 valence electrons. The Labute approximate surface area is 118 Å². The van der Waals surface area contributed by atoms with Crippen LogP contribution in [-0.4, -0.2) is 23.6 Å². The van der Waals surface area contributed by atoms with Gasteiger partial charge in [0.2, 0.25) is 5.91 Å². The second-order valence-electron chi connectivity index (χ2n) is 5.58. The van der Waals surface area contributed by atoms with Gasteiger partial charge in [-0.05, 0) is 50.2 Å². The number of carbonyl (C=O) groups is 1. The molecule has 2 N–H and O–H groups in total. The van der Waals surface area contributed by atoms with Crippen LogP contribution >= 0.6 is 0 Å². The van der Waals surface area contributed by atoms with E-state index in [1.165, 1.54) is 0 Å². The van der Waals surface area contributed by atoms with Gasteiger partial charge in [0, 0.05) is 30.3 Å². The first kappa shape index (κ1) is 12.9. The summed E-state index contributed by atoms with van der Waals surface area (Å²) in [5.74, 6) is 0.0900. The first-order chi connectivity index (χ1) is 9.67. The van der Waals surface area contributed by atoms with E-state index >= 15 is 0 Å². The van der Waals surface area contributed by atoms with Crippen LogP contribution in [0.15, 0.2) is 48.8 Å². The summed E-state index contributed by atoms with van der Waals surface area (Å²) >= 11 is 0. The fraction of sp³-hybridized carbons (Fsp3) is 0.312. The molecule has 1 aromatic heterocycles. The molecule has 1 aliphatic rings. The van der Waals surface area contributed by atoms with Crippen LogP contribution in [0.25, 0.3) is 5.69 Å². The summed E-state index contributed by atoms with van der Waals surface area (Å²) in [6.45, 7) is 3.67. The molecule has 0 aliphatic carbocycles. The minimum Gasteiger partial charge on any atom is -0.326 e. The summed E-state index contributed by atoms with van der Waals surface area (Å²) in [4.78, 5) is 12.4. The molecule has 0 saturated carbocycles. The van der Waals surface area contributed by atoms with Crippen molar-refractivity contribution in [2.75, 3.05) is 18.4 Å². The van der Waals surface area contributed by atoms with E-state index in [9.17, 15) is 4.79 Å². The molecule has 0 radical (unpaired) electrons. The molecular weight excluding hydrogens is 250 g/mol. The number of benzene rings is 1. The van der Waals surface area contributed by atoms with Crippen LogP contribution in [-0.2, 0) is 4.79 Å². The molecule has 20 heavy (non-hydrogen) atoms. The zero-order valence-corrected chi connectivity index (χ0v) is 11.6. The van der Waals surface area contributed by atoms with Gasteiger partial charge in [-0.15, -0.1) is 0 Å². The lowest BCUT2D eigenvalue weighted by molar-refractivity contribution is -0.123. The number of anilines is 1. The molecule has 1 amide bonds. The first-order valence-electron chi connectivity index (χ1n) is 6.93. The number of hydrogen-bond donors (Lipinski definition) is 2. The van der Waals surface area contributed by atoms with Crippen molar-refractivity contribution in [1.29, 1.82) is 0 Å². The average Bonchev–Trinajstić information content (AvgIpc) is 3.11. The summed E-state index contributed by atoms with van der Waals surface area (Å²) in [5, 5.41) is 6.28. The predicted octanol–water partition coefficient (Wildman–Crippen LogP) is 2.42. The van der Waals surface area contributed by atoms with Crippen molar-refractivity contribution in [3.63, 3.8) is 0 Å². The molecule has 2 aromatic rings. The maximum Gasteiger partial charge on any atom is 0.231 e. The second kappa shape index (κ2) is 5.13. The lowest BCUT2D eigenvalue weighted by Gasteiger charge is -2.21. The third kappa shape index (κ3) is 2.47. The van der Waals surface area contributed by atoms with Crippen molar-refractivity contribution in [2.45, 2.75) is 13.3 Å². The van der Waals surface area contributed by atoms with Gasteiger partial charge in [-0.3, -0.25) is 4.79 Å².